The van der Waals surface area contributed by atoms with Gasteiger partial charge in [-0.1, -0.05) is 44.2 Å². The Morgan fingerprint density at radius 1 is 1.24 bits per heavy atom. The average Bonchev–Trinajstić information content (AvgIpc) is 2.88. The lowest BCUT2D eigenvalue weighted by Crippen LogP contribution is -2.18. The van der Waals surface area contributed by atoms with Crippen molar-refractivity contribution in [2.24, 2.45) is 5.92 Å². The summed E-state index contributed by atoms with van der Waals surface area (Å²) < 4.78 is 5.81. The maximum atomic E-state index is 5.81. The summed E-state index contributed by atoms with van der Waals surface area (Å²) >= 11 is 0. The van der Waals surface area contributed by atoms with Crippen LogP contribution in [0.15, 0.2) is 18.2 Å². The van der Waals surface area contributed by atoms with Crippen molar-refractivity contribution in [2.75, 3.05) is 7.05 Å². The Hall–Kier alpha value is -1.02. The Kier molecular flexibility index (Phi) is 4.84. The van der Waals surface area contributed by atoms with Gasteiger partial charge >= 0.3 is 0 Å². The minimum atomic E-state index is 0.338. The molecule has 1 heterocycles. The molecule has 1 fully saturated rings. The Bertz CT molecular complexity index is 465. The summed E-state index contributed by atoms with van der Waals surface area (Å²) in [6.45, 7) is 2.15. The number of ether oxygens (including phenoxy) is 1. The molecular weight excluding hydrogens is 258 g/mol. The van der Waals surface area contributed by atoms with Crippen molar-refractivity contribution in [1.82, 2.24) is 5.32 Å². The van der Waals surface area contributed by atoms with E-state index in [0.717, 1.165) is 18.1 Å². The maximum Gasteiger partial charge on any atom is 0.123 e. The lowest BCUT2D eigenvalue weighted by molar-refractivity contribution is 0.254. The van der Waals surface area contributed by atoms with Crippen molar-refractivity contribution in [3.05, 3.63) is 29.3 Å². The molecule has 2 aliphatic rings. The standard InChI is InChI=1S/C19H29NO/c1-14-12-17-13-16(9-11-19(17)21-14)18(20-2)10-8-15-6-4-3-5-7-15/h9,11,13-15,18,20H,3-8,10,12H2,1-2H3. The van der Waals surface area contributed by atoms with Crippen molar-refractivity contribution in [1.29, 1.82) is 0 Å². The average molecular weight is 287 g/mol. The molecule has 0 amide bonds. The molecule has 0 saturated heterocycles. The van der Waals surface area contributed by atoms with Crippen molar-refractivity contribution >= 4 is 0 Å². The maximum absolute atomic E-state index is 5.81. The van der Waals surface area contributed by atoms with Gasteiger partial charge < -0.3 is 10.1 Å². The third-order valence-corrected chi connectivity index (χ3v) is 5.26. The smallest absolute Gasteiger partial charge is 0.123 e. The second-order valence-corrected chi connectivity index (χ2v) is 6.92. The Balaban J connectivity index is 1.62. The summed E-state index contributed by atoms with van der Waals surface area (Å²) in [5.41, 5.74) is 2.82. The molecule has 2 heteroatoms. The van der Waals surface area contributed by atoms with Gasteiger partial charge in [0.2, 0.25) is 0 Å². The fourth-order valence-electron chi connectivity index (χ4n) is 4.01. The molecule has 116 valence electrons. The summed E-state index contributed by atoms with van der Waals surface area (Å²) in [6, 6.07) is 7.27. The fraction of sp³-hybridized carbons (Fsp3) is 0.684. The number of hydrogen-bond acceptors (Lipinski definition) is 2. The molecule has 1 aliphatic carbocycles. The largest absolute Gasteiger partial charge is 0.490 e. The molecule has 1 saturated carbocycles. The second-order valence-electron chi connectivity index (χ2n) is 6.92. The minimum Gasteiger partial charge on any atom is -0.490 e. The summed E-state index contributed by atoms with van der Waals surface area (Å²) in [4.78, 5) is 0. The van der Waals surface area contributed by atoms with Crippen LogP contribution in [0, 0.1) is 5.92 Å². The predicted molar refractivity (Wildman–Crippen MR) is 87.8 cm³/mol. The van der Waals surface area contributed by atoms with Crippen LogP contribution in [0.3, 0.4) is 0 Å². The highest BCUT2D eigenvalue weighted by molar-refractivity contribution is 5.41. The van der Waals surface area contributed by atoms with E-state index in [1.54, 1.807) is 0 Å². The normalized spacial score (nSPS) is 23.6. The zero-order chi connectivity index (χ0) is 14.7. The highest BCUT2D eigenvalue weighted by Gasteiger charge is 2.21. The second kappa shape index (κ2) is 6.83. The first kappa shape index (κ1) is 14.9. The molecule has 2 nitrogen and oxygen atoms in total. The van der Waals surface area contributed by atoms with E-state index in [1.807, 2.05) is 0 Å². The van der Waals surface area contributed by atoms with Crippen LogP contribution in [0.1, 0.15) is 69.0 Å². The molecule has 0 radical (unpaired) electrons. The van der Waals surface area contributed by atoms with Gasteiger partial charge in [0.05, 0.1) is 0 Å². The summed E-state index contributed by atoms with van der Waals surface area (Å²) in [5, 5.41) is 3.52. The van der Waals surface area contributed by atoms with Crippen LogP contribution in [-0.4, -0.2) is 13.2 Å². The Labute approximate surface area is 129 Å². The quantitative estimate of drug-likeness (QED) is 0.852. The van der Waals surface area contributed by atoms with E-state index in [2.05, 4.69) is 37.5 Å². The fourth-order valence-corrected chi connectivity index (χ4v) is 4.01. The van der Waals surface area contributed by atoms with Gasteiger partial charge in [0.1, 0.15) is 11.9 Å². The molecule has 3 rings (SSSR count). The van der Waals surface area contributed by atoms with Crippen LogP contribution in [-0.2, 0) is 6.42 Å². The summed E-state index contributed by atoms with van der Waals surface area (Å²) in [5.74, 6) is 2.06. The summed E-state index contributed by atoms with van der Waals surface area (Å²) in [7, 11) is 2.10. The van der Waals surface area contributed by atoms with Crippen molar-refractivity contribution in [3.8, 4) is 5.75 Å². The highest BCUT2D eigenvalue weighted by atomic mass is 16.5. The van der Waals surface area contributed by atoms with Gasteiger partial charge in [0, 0.05) is 12.5 Å². The van der Waals surface area contributed by atoms with E-state index in [1.165, 1.54) is 56.1 Å². The monoisotopic (exact) mass is 287 g/mol. The minimum absolute atomic E-state index is 0.338. The van der Waals surface area contributed by atoms with Crippen molar-refractivity contribution in [2.45, 2.75) is 70.4 Å². The third-order valence-electron chi connectivity index (χ3n) is 5.26. The molecule has 1 aliphatic heterocycles. The molecule has 1 aromatic rings. The third kappa shape index (κ3) is 3.60. The molecule has 21 heavy (non-hydrogen) atoms. The lowest BCUT2D eigenvalue weighted by atomic mass is 9.84. The first-order valence-electron chi connectivity index (χ1n) is 8.73. The Morgan fingerprint density at radius 2 is 2.05 bits per heavy atom. The van der Waals surface area contributed by atoms with Gasteiger partial charge in [0.15, 0.2) is 0 Å². The number of hydrogen-bond donors (Lipinski definition) is 1. The molecule has 0 spiro atoms. The van der Waals surface area contributed by atoms with Crippen LogP contribution in [0.5, 0.6) is 5.75 Å². The highest BCUT2D eigenvalue weighted by Crippen LogP contribution is 2.34. The van der Waals surface area contributed by atoms with Crippen LogP contribution in [0.2, 0.25) is 0 Å². The molecule has 0 bridgehead atoms. The van der Waals surface area contributed by atoms with Crippen LogP contribution < -0.4 is 10.1 Å². The molecule has 0 aromatic heterocycles. The van der Waals surface area contributed by atoms with Gasteiger partial charge in [-0.15, -0.1) is 0 Å². The zero-order valence-electron chi connectivity index (χ0n) is 13.5. The molecule has 2 unspecified atom stereocenters. The SMILES string of the molecule is CNC(CCC1CCCCC1)c1ccc2c(c1)CC(C)O2. The molecule has 2 atom stereocenters. The van der Waals surface area contributed by atoms with E-state index < -0.39 is 0 Å². The predicted octanol–water partition coefficient (Wildman–Crippen LogP) is 4.63. The van der Waals surface area contributed by atoms with Gasteiger partial charge in [0.25, 0.3) is 0 Å². The number of nitrogens with one attached hydrogen (secondary N) is 1. The number of rotatable bonds is 5. The van der Waals surface area contributed by atoms with Crippen molar-refractivity contribution in [3.63, 3.8) is 0 Å². The van der Waals surface area contributed by atoms with Gasteiger partial charge in [-0.2, -0.15) is 0 Å². The topological polar surface area (TPSA) is 21.3 Å². The molecule has 1 N–H and O–H groups in total. The molecular formula is C19H29NO. The first-order chi connectivity index (χ1) is 10.3. The number of benzene rings is 1. The zero-order valence-corrected chi connectivity index (χ0v) is 13.5. The van der Waals surface area contributed by atoms with Crippen LogP contribution in [0.4, 0.5) is 0 Å². The summed E-state index contributed by atoms with van der Waals surface area (Å²) in [6.07, 6.45) is 11.3. The van der Waals surface area contributed by atoms with E-state index in [-0.39, 0.29) is 0 Å². The van der Waals surface area contributed by atoms with E-state index in [4.69, 9.17) is 4.74 Å². The van der Waals surface area contributed by atoms with Crippen LogP contribution in [0.25, 0.3) is 0 Å². The van der Waals surface area contributed by atoms with Crippen molar-refractivity contribution < 1.29 is 4.74 Å². The van der Waals surface area contributed by atoms with Gasteiger partial charge in [-0.3, -0.25) is 0 Å². The van der Waals surface area contributed by atoms with Crippen LogP contribution >= 0.6 is 0 Å². The van der Waals surface area contributed by atoms with E-state index >= 15 is 0 Å². The lowest BCUT2D eigenvalue weighted by Gasteiger charge is -2.24. The van der Waals surface area contributed by atoms with Gasteiger partial charge in [-0.05, 0) is 49.9 Å². The van der Waals surface area contributed by atoms with E-state index in [9.17, 15) is 0 Å². The Morgan fingerprint density at radius 3 is 2.81 bits per heavy atom. The van der Waals surface area contributed by atoms with E-state index in [0.29, 0.717) is 12.1 Å². The first-order valence-corrected chi connectivity index (χ1v) is 8.73. The van der Waals surface area contributed by atoms with Gasteiger partial charge in [-0.25, -0.2) is 0 Å². The molecule has 1 aromatic carbocycles. The number of fused-ring (bicyclic) bond motifs is 1.